The van der Waals surface area contributed by atoms with Crippen LogP contribution in [-0.2, 0) is 11.2 Å². The van der Waals surface area contributed by atoms with Crippen LogP contribution in [0.2, 0.25) is 5.02 Å². The van der Waals surface area contributed by atoms with E-state index in [0.717, 1.165) is 42.5 Å². The third-order valence-corrected chi connectivity index (χ3v) is 2.73. The van der Waals surface area contributed by atoms with E-state index >= 15 is 0 Å². The molecule has 1 rings (SSSR count). The van der Waals surface area contributed by atoms with Crippen LogP contribution in [0.3, 0.4) is 0 Å². The molecule has 1 aromatic rings. The van der Waals surface area contributed by atoms with Gasteiger partial charge in [0.1, 0.15) is 18.9 Å². The average molecular weight is 271 g/mol. The number of ether oxygens (including phenoxy) is 2. The lowest BCUT2D eigenvalue weighted by molar-refractivity contribution is -0.656. The van der Waals surface area contributed by atoms with Crippen molar-refractivity contribution in [1.29, 1.82) is 0 Å². The van der Waals surface area contributed by atoms with Crippen LogP contribution in [0.4, 0.5) is 0 Å². The van der Waals surface area contributed by atoms with E-state index in [1.54, 1.807) is 7.11 Å². The van der Waals surface area contributed by atoms with Gasteiger partial charge in [0.05, 0.1) is 13.2 Å². The standard InChI is InChI=1S/C14H20ClNO2/c1-3-4-12-11-13(15)5-6-14(12)18-10-8-16-7-9-17-2/h3,5-6,11,16H,1,4,7-10H2,2H3/p+1. The Kier molecular flexibility index (Phi) is 7.49. The Balaban J connectivity index is 2.38. The molecule has 0 aromatic heterocycles. The van der Waals surface area contributed by atoms with Crippen molar-refractivity contribution in [3.63, 3.8) is 0 Å². The normalized spacial score (nSPS) is 10.3. The number of hydrogen-bond acceptors (Lipinski definition) is 2. The number of nitrogens with two attached hydrogens (primary N) is 1. The molecule has 0 unspecified atom stereocenters. The van der Waals surface area contributed by atoms with Crippen molar-refractivity contribution in [2.75, 3.05) is 33.4 Å². The zero-order valence-electron chi connectivity index (χ0n) is 10.8. The van der Waals surface area contributed by atoms with Crippen molar-refractivity contribution in [3.05, 3.63) is 41.4 Å². The van der Waals surface area contributed by atoms with Gasteiger partial charge in [-0.3, -0.25) is 0 Å². The predicted octanol–water partition coefficient (Wildman–Crippen LogP) is 1.66. The van der Waals surface area contributed by atoms with Gasteiger partial charge in [-0.25, -0.2) is 0 Å². The first-order chi connectivity index (χ1) is 8.77. The average Bonchev–Trinajstić information content (AvgIpc) is 2.36. The van der Waals surface area contributed by atoms with E-state index in [2.05, 4.69) is 11.9 Å². The number of halogens is 1. The fraction of sp³-hybridized carbons (Fsp3) is 0.429. The van der Waals surface area contributed by atoms with Crippen LogP contribution in [0.25, 0.3) is 0 Å². The van der Waals surface area contributed by atoms with Crippen molar-refractivity contribution in [3.8, 4) is 5.75 Å². The second-order valence-electron chi connectivity index (χ2n) is 3.95. The fourth-order valence-electron chi connectivity index (χ4n) is 1.60. The van der Waals surface area contributed by atoms with Crippen molar-refractivity contribution >= 4 is 11.6 Å². The molecule has 2 N–H and O–H groups in total. The molecule has 1 aromatic carbocycles. The van der Waals surface area contributed by atoms with Crippen LogP contribution in [0, 0.1) is 0 Å². The van der Waals surface area contributed by atoms with Crippen molar-refractivity contribution in [2.45, 2.75) is 6.42 Å². The van der Waals surface area contributed by atoms with Gasteiger partial charge in [-0.05, 0) is 30.2 Å². The first-order valence-electron chi connectivity index (χ1n) is 6.10. The Morgan fingerprint density at radius 3 is 2.83 bits per heavy atom. The fourth-order valence-corrected chi connectivity index (χ4v) is 1.80. The number of allylic oxidation sites excluding steroid dienone is 1. The monoisotopic (exact) mass is 270 g/mol. The SMILES string of the molecule is C=CCc1cc(Cl)ccc1OCC[NH2+]CCOC. The molecule has 18 heavy (non-hydrogen) atoms. The van der Waals surface area contributed by atoms with E-state index in [1.807, 2.05) is 24.3 Å². The van der Waals surface area contributed by atoms with Gasteiger partial charge in [-0.1, -0.05) is 17.7 Å². The second-order valence-corrected chi connectivity index (χ2v) is 4.39. The number of benzene rings is 1. The van der Waals surface area contributed by atoms with Gasteiger partial charge >= 0.3 is 0 Å². The minimum absolute atomic E-state index is 0.676. The van der Waals surface area contributed by atoms with Crippen molar-refractivity contribution in [2.24, 2.45) is 0 Å². The third-order valence-electron chi connectivity index (χ3n) is 2.49. The summed E-state index contributed by atoms with van der Waals surface area (Å²) in [5.74, 6) is 0.888. The summed E-state index contributed by atoms with van der Waals surface area (Å²) in [4.78, 5) is 0. The summed E-state index contributed by atoms with van der Waals surface area (Å²) in [7, 11) is 1.71. The molecule has 4 heteroatoms. The maximum atomic E-state index is 5.96. The van der Waals surface area contributed by atoms with E-state index in [9.17, 15) is 0 Å². The minimum Gasteiger partial charge on any atom is -0.487 e. The number of rotatable bonds is 9. The van der Waals surface area contributed by atoms with E-state index in [4.69, 9.17) is 21.1 Å². The van der Waals surface area contributed by atoms with Crippen LogP contribution in [0.15, 0.2) is 30.9 Å². The quantitative estimate of drug-likeness (QED) is 0.547. The molecular weight excluding hydrogens is 250 g/mol. The van der Waals surface area contributed by atoms with Gasteiger partial charge in [0, 0.05) is 12.1 Å². The van der Waals surface area contributed by atoms with Gasteiger partial charge < -0.3 is 14.8 Å². The molecule has 0 saturated heterocycles. The summed E-state index contributed by atoms with van der Waals surface area (Å²) < 4.78 is 10.7. The second kappa shape index (κ2) is 8.97. The Morgan fingerprint density at radius 2 is 2.11 bits per heavy atom. The maximum absolute atomic E-state index is 5.96. The molecule has 0 heterocycles. The molecule has 0 amide bonds. The van der Waals surface area contributed by atoms with Crippen LogP contribution >= 0.6 is 11.6 Å². The summed E-state index contributed by atoms with van der Waals surface area (Å²) in [6.07, 6.45) is 2.62. The first-order valence-corrected chi connectivity index (χ1v) is 6.48. The molecule has 0 bridgehead atoms. The van der Waals surface area contributed by atoms with Gasteiger partial charge in [0.2, 0.25) is 0 Å². The zero-order chi connectivity index (χ0) is 13.2. The highest BCUT2D eigenvalue weighted by atomic mass is 35.5. The molecule has 0 fully saturated rings. The molecule has 0 saturated carbocycles. The minimum atomic E-state index is 0.676. The molecule has 3 nitrogen and oxygen atoms in total. The Labute approximate surface area is 114 Å². The Hall–Kier alpha value is -1.03. The molecule has 0 aliphatic carbocycles. The molecule has 100 valence electrons. The zero-order valence-corrected chi connectivity index (χ0v) is 11.6. The molecule has 0 aliphatic rings. The lowest BCUT2D eigenvalue weighted by atomic mass is 10.1. The number of hydrogen-bond donors (Lipinski definition) is 1. The largest absolute Gasteiger partial charge is 0.487 e. The van der Waals surface area contributed by atoms with E-state index in [0.29, 0.717) is 6.61 Å². The smallest absolute Gasteiger partial charge is 0.137 e. The van der Waals surface area contributed by atoms with Crippen molar-refractivity contribution in [1.82, 2.24) is 0 Å². The molecule has 0 aliphatic heterocycles. The number of methoxy groups -OCH3 is 1. The maximum Gasteiger partial charge on any atom is 0.137 e. The summed E-state index contributed by atoms with van der Waals surface area (Å²) in [6.45, 7) is 7.06. The highest BCUT2D eigenvalue weighted by molar-refractivity contribution is 6.30. The van der Waals surface area contributed by atoms with E-state index in [-0.39, 0.29) is 0 Å². The lowest BCUT2D eigenvalue weighted by Crippen LogP contribution is -2.86. The molecule has 0 atom stereocenters. The predicted molar refractivity (Wildman–Crippen MR) is 74.4 cm³/mol. The van der Waals surface area contributed by atoms with Crippen LogP contribution in [0.1, 0.15) is 5.56 Å². The highest BCUT2D eigenvalue weighted by Gasteiger charge is 2.03. The molecule has 0 radical (unpaired) electrons. The third kappa shape index (κ3) is 5.54. The Morgan fingerprint density at radius 1 is 1.33 bits per heavy atom. The van der Waals surface area contributed by atoms with E-state index in [1.165, 1.54) is 0 Å². The van der Waals surface area contributed by atoms with Crippen molar-refractivity contribution < 1.29 is 14.8 Å². The van der Waals surface area contributed by atoms with E-state index < -0.39 is 0 Å². The Bertz CT molecular complexity index is 369. The summed E-state index contributed by atoms with van der Waals surface area (Å²) >= 11 is 5.96. The van der Waals surface area contributed by atoms with Crippen LogP contribution < -0.4 is 10.1 Å². The topological polar surface area (TPSA) is 35.1 Å². The van der Waals surface area contributed by atoms with Crippen LogP contribution in [0.5, 0.6) is 5.75 Å². The molecule has 0 spiro atoms. The summed E-state index contributed by atoms with van der Waals surface area (Å²) in [5, 5.41) is 2.90. The van der Waals surface area contributed by atoms with Gasteiger partial charge in [0.25, 0.3) is 0 Å². The summed E-state index contributed by atoms with van der Waals surface area (Å²) in [6, 6.07) is 5.68. The van der Waals surface area contributed by atoms with Crippen LogP contribution in [-0.4, -0.2) is 33.4 Å². The van der Waals surface area contributed by atoms with Gasteiger partial charge in [-0.15, -0.1) is 6.58 Å². The highest BCUT2D eigenvalue weighted by Crippen LogP contribution is 2.23. The van der Waals surface area contributed by atoms with Gasteiger partial charge in [0.15, 0.2) is 0 Å². The van der Waals surface area contributed by atoms with Gasteiger partial charge in [-0.2, -0.15) is 0 Å². The first kappa shape index (κ1) is 15.0. The summed E-state index contributed by atoms with van der Waals surface area (Å²) in [5.41, 5.74) is 1.08. The molecular formula is C14H21ClNO2+. The lowest BCUT2D eigenvalue weighted by Gasteiger charge is -2.10. The number of quaternary nitrogens is 1.